The second kappa shape index (κ2) is 10.6. The molecule has 3 rings (SSSR count). The predicted molar refractivity (Wildman–Crippen MR) is 116 cm³/mol. The Morgan fingerprint density at radius 2 is 1.55 bits per heavy atom. The minimum absolute atomic E-state index is 0.222. The van der Waals surface area contributed by atoms with Gasteiger partial charge in [0.1, 0.15) is 18.1 Å². The van der Waals surface area contributed by atoms with Crippen molar-refractivity contribution in [2.24, 2.45) is 0 Å². The van der Waals surface area contributed by atoms with E-state index in [1.807, 2.05) is 60.7 Å². The van der Waals surface area contributed by atoms with Gasteiger partial charge in [0, 0.05) is 5.56 Å². The van der Waals surface area contributed by atoms with Crippen LogP contribution in [0.25, 0.3) is 0 Å². The molecule has 1 unspecified atom stereocenters. The molecular weight excluding hydrogens is 392 g/mol. The Kier molecular flexibility index (Phi) is 7.39. The molecule has 3 N–H and O–H groups in total. The normalized spacial score (nSPS) is 11.2. The van der Waals surface area contributed by atoms with Gasteiger partial charge in [0.25, 0.3) is 0 Å². The van der Waals surface area contributed by atoms with Gasteiger partial charge in [-0.2, -0.15) is 5.26 Å². The molecule has 0 spiro atoms. The molecule has 156 valence electrons. The predicted octanol–water partition coefficient (Wildman–Crippen LogP) is 2.97. The van der Waals surface area contributed by atoms with E-state index in [1.165, 1.54) is 0 Å². The molecule has 0 heterocycles. The molecule has 0 amide bonds. The molecule has 0 saturated heterocycles. The van der Waals surface area contributed by atoms with Crippen molar-refractivity contribution in [1.82, 2.24) is 0 Å². The Morgan fingerprint density at radius 1 is 0.935 bits per heavy atom. The first kappa shape index (κ1) is 21.6. The van der Waals surface area contributed by atoms with Gasteiger partial charge in [-0.25, -0.2) is 0 Å². The fraction of sp³-hybridized carbons (Fsp3) is 0.160. The van der Waals surface area contributed by atoms with E-state index in [2.05, 4.69) is 0 Å². The molecule has 0 radical (unpaired) electrons. The highest BCUT2D eigenvalue weighted by Gasteiger charge is 2.14. The van der Waals surface area contributed by atoms with Crippen LogP contribution in [0.4, 0.5) is 0 Å². The molecule has 0 aromatic heterocycles. The third kappa shape index (κ3) is 6.44. The molecule has 0 saturated carbocycles. The number of nitrogens with two attached hydrogens (primary N) is 1. The van der Waals surface area contributed by atoms with Crippen LogP contribution in [0.15, 0.2) is 78.9 Å². The summed E-state index contributed by atoms with van der Waals surface area (Å²) >= 11 is 0. The molecule has 0 aliphatic rings. The first-order valence-electron chi connectivity index (χ1n) is 9.78. The summed E-state index contributed by atoms with van der Waals surface area (Å²) in [6.45, 7) is 0.673. The van der Waals surface area contributed by atoms with E-state index in [-0.39, 0.29) is 6.42 Å². The maximum absolute atomic E-state index is 10.8. The average molecular weight is 415 g/mol. The lowest BCUT2D eigenvalue weighted by Gasteiger charge is -2.10. The van der Waals surface area contributed by atoms with Gasteiger partial charge in [0.15, 0.2) is 6.61 Å². The van der Waals surface area contributed by atoms with Gasteiger partial charge in [-0.15, -0.1) is 0 Å². The largest absolute Gasteiger partial charge is 0.489 e. The van der Waals surface area contributed by atoms with E-state index in [4.69, 9.17) is 25.3 Å². The van der Waals surface area contributed by atoms with Crippen molar-refractivity contribution in [2.75, 3.05) is 6.61 Å². The quantitative estimate of drug-likeness (QED) is 0.495. The Morgan fingerprint density at radius 3 is 2.16 bits per heavy atom. The lowest BCUT2D eigenvalue weighted by molar-refractivity contribution is -0.137. The number of aliphatic carboxylic acids is 1. The summed E-state index contributed by atoms with van der Waals surface area (Å²) in [7, 11) is 0. The molecule has 6 nitrogen and oxygen atoms in total. The van der Waals surface area contributed by atoms with Crippen LogP contribution in [0, 0.1) is 11.3 Å². The number of ether oxygens (including phenoxy) is 2. The number of carbonyl (C=O) groups is 1. The van der Waals surface area contributed by atoms with Gasteiger partial charge in [-0.1, -0.05) is 42.5 Å². The van der Waals surface area contributed by atoms with E-state index in [9.17, 15) is 4.79 Å². The van der Waals surface area contributed by atoms with E-state index >= 15 is 0 Å². The third-order valence-electron chi connectivity index (χ3n) is 4.68. The number of rotatable bonds is 10. The fourth-order valence-corrected chi connectivity index (χ4v) is 2.95. The van der Waals surface area contributed by atoms with Crippen LogP contribution < -0.4 is 14.9 Å². The van der Waals surface area contributed by atoms with Crippen LogP contribution in [0.3, 0.4) is 0 Å². The van der Waals surface area contributed by atoms with Crippen molar-refractivity contribution in [3.8, 4) is 17.6 Å². The summed E-state index contributed by atoms with van der Waals surface area (Å²) < 4.78 is 11.5. The second-order valence-electron chi connectivity index (χ2n) is 6.96. The number of carboxylic acid groups (broad SMARTS) is 1. The second-order valence-corrected chi connectivity index (χ2v) is 6.96. The lowest BCUT2D eigenvalue weighted by Crippen LogP contribution is -2.43. The first-order chi connectivity index (χ1) is 15.0. The topological polar surface area (TPSA) is 105 Å². The number of hydrogen-bond donors (Lipinski definition) is 2. The average Bonchev–Trinajstić information content (AvgIpc) is 2.81. The summed E-state index contributed by atoms with van der Waals surface area (Å²) in [6, 6.07) is 26.2. The molecule has 3 aromatic carbocycles. The zero-order valence-corrected chi connectivity index (χ0v) is 16.9. The minimum atomic E-state index is -1.00. The Hall–Kier alpha value is -4.11. The highest BCUT2D eigenvalue weighted by Crippen LogP contribution is 2.23. The Bertz CT molecular complexity index is 1060. The van der Waals surface area contributed by atoms with Crippen molar-refractivity contribution in [3.05, 3.63) is 95.6 Å². The standard InChI is InChI=1S/C25H22N2O4/c26-15-21(14-25(28)29)19-8-12-23(13-9-19)30-16-18-6-10-22(11-7-18)31-17-24(27)20-4-2-1-3-5-20/h1-13,21,27H,14,16-17H2,(H,28,29)/p+1. The molecular formula is C25H23N2O4+. The lowest BCUT2D eigenvalue weighted by atomic mass is 9.97. The van der Waals surface area contributed by atoms with Crippen LogP contribution in [0.1, 0.15) is 29.0 Å². The van der Waals surface area contributed by atoms with Gasteiger partial charge < -0.3 is 14.6 Å². The SMILES string of the molecule is N#CC(CC(=O)O)c1ccc(OCc2ccc(OCC(=[NH2+])c3ccccc3)cc2)cc1. The molecule has 31 heavy (non-hydrogen) atoms. The molecule has 0 aliphatic heterocycles. The Balaban J connectivity index is 1.49. The zero-order chi connectivity index (χ0) is 22.1. The van der Waals surface area contributed by atoms with Crippen molar-refractivity contribution < 1.29 is 24.8 Å². The van der Waals surface area contributed by atoms with Crippen molar-refractivity contribution in [3.63, 3.8) is 0 Å². The number of benzene rings is 3. The molecule has 0 bridgehead atoms. The summed E-state index contributed by atoms with van der Waals surface area (Å²) in [5.74, 6) is -0.318. The Labute approximate surface area is 180 Å². The fourth-order valence-electron chi connectivity index (χ4n) is 2.95. The number of nitriles is 1. The zero-order valence-electron chi connectivity index (χ0n) is 16.9. The van der Waals surface area contributed by atoms with Crippen LogP contribution in [0.5, 0.6) is 11.5 Å². The van der Waals surface area contributed by atoms with Crippen molar-refractivity contribution >= 4 is 11.7 Å². The van der Waals surface area contributed by atoms with Crippen LogP contribution in [-0.2, 0) is 11.4 Å². The van der Waals surface area contributed by atoms with E-state index in [0.717, 1.165) is 11.1 Å². The monoisotopic (exact) mass is 415 g/mol. The number of nitrogens with zero attached hydrogens (tertiary/aromatic N) is 1. The summed E-state index contributed by atoms with van der Waals surface area (Å²) in [5, 5.41) is 24.1. The first-order valence-corrected chi connectivity index (χ1v) is 9.78. The summed E-state index contributed by atoms with van der Waals surface area (Å²) in [5.41, 5.74) is 3.24. The maximum Gasteiger partial charge on any atom is 0.305 e. The van der Waals surface area contributed by atoms with Crippen LogP contribution >= 0.6 is 0 Å². The molecule has 6 heteroatoms. The minimum Gasteiger partial charge on any atom is -0.489 e. The molecule has 1 atom stereocenters. The van der Waals surface area contributed by atoms with Gasteiger partial charge in [0.05, 0.1) is 18.4 Å². The van der Waals surface area contributed by atoms with Gasteiger partial charge >= 0.3 is 5.97 Å². The van der Waals surface area contributed by atoms with Crippen molar-refractivity contribution in [2.45, 2.75) is 18.9 Å². The molecule has 0 aliphatic carbocycles. The summed E-state index contributed by atoms with van der Waals surface area (Å²) in [6.07, 6.45) is -0.222. The van der Waals surface area contributed by atoms with E-state index in [0.29, 0.717) is 36.0 Å². The summed E-state index contributed by atoms with van der Waals surface area (Å²) in [4.78, 5) is 10.8. The van der Waals surface area contributed by atoms with Gasteiger partial charge in [-0.3, -0.25) is 10.2 Å². The van der Waals surface area contributed by atoms with Crippen LogP contribution in [-0.4, -0.2) is 23.4 Å². The van der Waals surface area contributed by atoms with Crippen LogP contribution in [0.2, 0.25) is 0 Å². The highest BCUT2D eigenvalue weighted by atomic mass is 16.5. The smallest absolute Gasteiger partial charge is 0.305 e. The highest BCUT2D eigenvalue weighted by molar-refractivity contribution is 5.96. The van der Waals surface area contributed by atoms with Crippen molar-refractivity contribution in [1.29, 1.82) is 5.26 Å². The van der Waals surface area contributed by atoms with E-state index < -0.39 is 11.9 Å². The van der Waals surface area contributed by atoms with Gasteiger partial charge in [0.2, 0.25) is 5.71 Å². The number of hydrogen-bond acceptors (Lipinski definition) is 4. The number of carboxylic acids is 1. The third-order valence-corrected chi connectivity index (χ3v) is 4.68. The molecule has 3 aromatic rings. The maximum atomic E-state index is 10.8. The van der Waals surface area contributed by atoms with Gasteiger partial charge in [-0.05, 0) is 47.5 Å². The van der Waals surface area contributed by atoms with E-state index in [1.54, 1.807) is 24.3 Å². The molecule has 0 fully saturated rings.